The molecule has 1 heterocycles. The molecule has 32 heavy (non-hydrogen) atoms. The van der Waals surface area contributed by atoms with Crippen molar-refractivity contribution in [2.24, 2.45) is 0 Å². The lowest BCUT2D eigenvalue weighted by Crippen LogP contribution is -2.52. The van der Waals surface area contributed by atoms with E-state index in [9.17, 15) is 27.6 Å². The summed E-state index contributed by atoms with van der Waals surface area (Å²) in [6.07, 6.45) is -4.64. The molecule has 2 aromatic rings. The van der Waals surface area contributed by atoms with Crippen LogP contribution in [-0.4, -0.2) is 60.2 Å². The van der Waals surface area contributed by atoms with Crippen molar-refractivity contribution in [3.05, 3.63) is 76.6 Å². The van der Waals surface area contributed by atoms with Crippen molar-refractivity contribution in [1.82, 2.24) is 15.1 Å². The maximum Gasteiger partial charge on any atom is 0.417 e. The lowest BCUT2D eigenvalue weighted by Gasteiger charge is -2.35. The Balaban J connectivity index is 1.53. The number of piperazine rings is 1. The molecule has 0 unspecified atom stereocenters. The first-order chi connectivity index (χ1) is 15.2. The molecule has 0 atom stereocenters. The van der Waals surface area contributed by atoms with E-state index in [2.05, 4.69) is 10.2 Å². The Morgan fingerprint density at radius 3 is 2.12 bits per heavy atom. The van der Waals surface area contributed by atoms with Crippen LogP contribution in [0.25, 0.3) is 4.85 Å². The van der Waals surface area contributed by atoms with Crippen molar-refractivity contribution < 1.29 is 27.6 Å². The van der Waals surface area contributed by atoms with Crippen LogP contribution in [0.5, 0.6) is 0 Å². The van der Waals surface area contributed by atoms with Crippen molar-refractivity contribution in [2.75, 3.05) is 32.7 Å². The number of carbonyl (C=O) groups excluding carboxylic acids is 3. The highest BCUT2D eigenvalue weighted by atomic mass is 19.4. The summed E-state index contributed by atoms with van der Waals surface area (Å²) in [6, 6.07) is 10.6. The van der Waals surface area contributed by atoms with E-state index in [0.29, 0.717) is 11.3 Å². The molecular formula is C22H19F3N4O3. The molecule has 166 valence electrons. The number of benzene rings is 2. The Kier molecular flexibility index (Phi) is 6.78. The summed E-state index contributed by atoms with van der Waals surface area (Å²) in [4.78, 5) is 43.1. The van der Waals surface area contributed by atoms with E-state index in [0.717, 1.165) is 12.1 Å². The molecule has 1 saturated heterocycles. The zero-order valence-corrected chi connectivity index (χ0v) is 16.9. The van der Waals surface area contributed by atoms with E-state index in [1.807, 2.05) is 0 Å². The first-order valence-electron chi connectivity index (χ1n) is 9.69. The van der Waals surface area contributed by atoms with Gasteiger partial charge in [-0.15, -0.1) is 0 Å². The van der Waals surface area contributed by atoms with Gasteiger partial charge >= 0.3 is 6.18 Å². The highest BCUT2D eigenvalue weighted by Crippen LogP contribution is 2.32. The summed E-state index contributed by atoms with van der Waals surface area (Å²) in [7, 11) is 0. The maximum atomic E-state index is 13.2. The Hall–Kier alpha value is -3.87. The van der Waals surface area contributed by atoms with Gasteiger partial charge in [0.2, 0.25) is 5.91 Å². The molecule has 1 aliphatic heterocycles. The van der Waals surface area contributed by atoms with Gasteiger partial charge in [0, 0.05) is 31.7 Å². The number of halogens is 3. The molecule has 1 aliphatic rings. The van der Waals surface area contributed by atoms with Gasteiger partial charge in [-0.3, -0.25) is 14.4 Å². The van der Waals surface area contributed by atoms with Crippen molar-refractivity contribution >= 4 is 23.4 Å². The SMILES string of the molecule is [C-]#[N+]c1ccc(C(=O)NCC(=O)N2CCN(C(=O)c3ccccc3C(F)(F)F)CC2)cc1. The average molecular weight is 444 g/mol. The molecule has 7 nitrogen and oxygen atoms in total. The van der Waals surface area contributed by atoms with Crippen molar-refractivity contribution in [1.29, 1.82) is 0 Å². The molecule has 0 aliphatic carbocycles. The molecule has 0 radical (unpaired) electrons. The lowest BCUT2D eigenvalue weighted by molar-refractivity contribution is -0.138. The highest BCUT2D eigenvalue weighted by molar-refractivity contribution is 5.97. The van der Waals surface area contributed by atoms with Gasteiger partial charge in [0.25, 0.3) is 11.8 Å². The zero-order chi connectivity index (χ0) is 23.3. The van der Waals surface area contributed by atoms with E-state index in [-0.39, 0.29) is 38.6 Å². The van der Waals surface area contributed by atoms with Crippen LogP contribution < -0.4 is 5.32 Å². The van der Waals surface area contributed by atoms with Gasteiger partial charge in [-0.25, -0.2) is 4.85 Å². The molecule has 10 heteroatoms. The summed E-state index contributed by atoms with van der Waals surface area (Å²) in [5.74, 6) is -1.56. The van der Waals surface area contributed by atoms with Crippen LogP contribution >= 0.6 is 0 Å². The summed E-state index contributed by atoms with van der Waals surface area (Å²) < 4.78 is 39.5. The Morgan fingerprint density at radius 2 is 1.53 bits per heavy atom. The minimum absolute atomic E-state index is 0.0861. The molecule has 0 saturated carbocycles. The van der Waals surface area contributed by atoms with Gasteiger partial charge in [0.1, 0.15) is 0 Å². The van der Waals surface area contributed by atoms with Crippen molar-refractivity contribution in [3.8, 4) is 0 Å². The fourth-order valence-corrected chi connectivity index (χ4v) is 3.30. The number of carbonyl (C=O) groups is 3. The van der Waals surface area contributed by atoms with Crippen LogP contribution in [0.1, 0.15) is 26.3 Å². The minimum atomic E-state index is -4.64. The topological polar surface area (TPSA) is 74.1 Å². The smallest absolute Gasteiger partial charge is 0.343 e. The molecule has 3 rings (SSSR count). The zero-order valence-electron chi connectivity index (χ0n) is 16.9. The molecule has 3 amide bonds. The van der Waals surface area contributed by atoms with Gasteiger partial charge < -0.3 is 15.1 Å². The number of nitrogens with one attached hydrogen (secondary N) is 1. The van der Waals surface area contributed by atoms with Gasteiger partial charge in [-0.1, -0.05) is 36.4 Å². The number of nitrogens with zero attached hydrogens (tertiary/aromatic N) is 3. The maximum absolute atomic E-state index is 13.2. The first kappa shape index (κ1) is 22.8. The third-order valence-electron chi connectivity index (χ3n) is 5.04. The predicted octanol–water partition coefficient (Wildman–Crippen LogP) is 2.97. The highest BCUT2D eigenvalue weighted by Gasteiger charge is 2.36. The van der Waals surface area contributed by atoms with Crippen LogP contribution in [-0.2, 0) is 11.0 Å². The molecule has 0 aromatic heterocycles. The third kappa shape index (κ3) is 5.24. The first-order valence-corrected chi connectivity index (χ1v) is 9.69. The molecule has 2 aromatic carbocycles. The fourth-order valence-electron chi connectivity index (χ4n) is 3.30. The van der Waals surface area contributed by atoms with Crippen LogP contribution in [0, 0.1) is 6.57 Å². The fraction of sp³-hybridized carbons (Fsp3) is 0.273. The summed E-state index contributed by atoms with van der Waals surface area (Å²) in [6.45, 7) is 7.11. The third-order valence-corrected chi connectivity index (χ3v) is 5.04. The molecule has 0 bridgehead atoms. The standard InChI is InChI=1S/C22H19F3N4O3/c1-26-16-8-6-15(7-9-16)20(31)27-14-19(30)28-10-12-29(13-11-28)21(32)17-4-2-3-5-18(17)22(23,24)25/h2-9H,10-14H2,(H,27,31). The Morgan fingerprint density at radius 1 is 0.938 bits per heavy atom. The van der Waals surface area contributed by atoms with Crippen molar-refractivity contribution in [2.45, 2.75) is 6.18 Å². The van der Waals surface area contributed by atoms with Crippen molar-refractivity contribution in [3.63, 3.8) is 0 Å². The monoisotopic (exact) mass is 444 g/mol. The minimum Gasteiger partial charge on any atom is -0.343 e. The van der Waals surface area contributed by atoms with Gasteiger partial charge in [0.15, 0.2) is 5.69 Å². The van der Waals surface area contributed by atoms with Gasteiger partial charge in [-0.05, 0) is 12.1 Å². The predicted molar refractivity (Wildman–Crippen MR) is 109 cm³/mol. The summed E-state index contributed by atoms with van der Waals surface area (Å²) in [5, 5.41) is 2.50. The van der Waals surface area contributed by atoms with Gasteiger partial charge in [-0.2, -0.15) is 13.2 Å². The normalized spacial score (nSPS) is 13.9. The van der Waals surface area contributed by atoms with E-state index in [1.54, 1.807) is 0 Å². The Bertz CT molecular complexity index is 1050. The number of alkyl halides is 3. The summed E-state index contributed by atoms with van der Waals surface area (Å²) in [5.41, 5.74) is -0.709. The average Bonchev–Trinajstić information content (AvgIpc) is 2.81. The molecule has 1 N–H and O–H groups in total. The second kappa shape index (κ2) is 9.51. The van der Waals surface area contributed by atoms with E-state index in [1.165, 1.54) is 46.2 Å². The van der Waals surface area contributed by atoms with Gasteiger partial charge in [0.05, 0.1) is 24.2 Å². The second-order valence-electron chi connectivity index (χ2n) is 7.06. The Labute approximate surface area is 182 Å². The quantitative estimate of drug-likeness (QED) is 0.737. The van der Waals surface area contributed by atoms with E-state index < -0.39 is 29.1 Å². The lowest BCUT2D eigenvalue weighted by atomic mass is 10.1. The number of rotatable bonds is 4. The largest absolute Gasteiger partial charge is 0.417 e. The number of hydrogen-bond acceptors (Lipinski definition) is 3. The van der Waals surface area contributed by atoms with Crippen LogP contribution in [0.2, 0.25) is 0 Å². The van der Waals surface area contributed by atoms with E-state index in [4.69, 9.17) is 6.57 Å². The number of amides is 3. The van der Waals surface area contributed by atoms with E-state index >= 15 is 0 Å². The summed E-state index contributed by atoms with van der Waals surface area (Å²) >= 11 is 0. The number of hydrogen-bond donors (Lipinski definition) is 1. The van der Waals surface area contributed by atoms with Crippen LogP contribution in [0.3, 0.4) is 0 Å². The van der Waals surface area contributed by atoms with Crippen LogP contribution in [0.15, 0.2) is 48.5 Å². The molecular weight excluding hydrogens is 425 g/mol. The second-order valence-corrected chi connectivity index (χ2v) is 7.06. The van der Waals surface area contributed by atoms with Crippen LogP contribution in [0.4, 0.5) is 18.9 Å². The molecule has 0 spiro atoms. The molecule has 1 fully saturated rings.